The molecule has 0 saturated carbocycles. The van der Waals surface area contributed by atoms with Crippen LogP contribution in [-0.4, -0.2) is 54.4 Å². The second-order valence-electron chi connectivity index (χ2n) is 6.08. The first-order valence-electron chi connectivity index (χ1n) is 7.40. The molecule has 1 atom stereocenters. The molecule has 1 aromatic heterocycles. The minimum absolute atomic E-state index is 0.0446. The lowest BCUT2D eigenvalue weighted by Gasteiger charge is -2.49. The average Bonchev–Trinajstić information content (AvgIpc) is 2.69. The second-order valence-corrected chi connectivity index (χ2v) is 8.53. The van der Waals surface area contributed by atoms with Crippen LogP contribution in [0.2, 0.25) is 0 Å². The number of sulfone groups is 1. The van der Waals surface area contributed by atoms with E-state index >= 15 is 0 Å². The van der Waals surface area contributed by atoms with Crippen LogP contribution in [0.25, 0.3) is 0 Å². The van der Waals surface area contributed by atoms with Gasteiger partial charge in [-0.25, -0.2) is 8.42 Å². The van der Waals surface area contributed by atoms with Crippen LogP contribution >= 0.6 is 0 Å². The summed E-state index contributed by atoms with van der Waals surface area (Å²) < 4.78 is 29.6. The Bertz CT molecular complexity index is 653. The average molecular weight is 324 g/mol. The fourth-order valence-electron chi connectivity index (χ4n) is 3.32. The third-order valence-corrected chi connectivity index (χ3v) is 7.36. The predicted octanol–water partition coefficient (Wildman–Crippen LogP) is 0.634. The molecule has 2 aliphatic rings. The number of rotatable bonds is 4. The maximum absolute atomic E-state index is 12.4. The molecule has 2 saturated heterocycles. The van der Waals surface area contributed by atoms with Gasteiger partial charge in [-0.1, -0.05) is 6.07 Å². The molecule has 0 N–H and O–H groups in total. The molecule has 0 aliphatic carbocycles. The first kappa shape index (κ1) is 15.4. The van der Waals surface area contributed by atoms with Gasteiger partial charge in [0.15, 0.2) is 9.84 Å². The zero-order valence-electron chi connectivity index (χ0n) is 12.6. The highest BCUT2D eigenvalue weighted by Gasteiger charge is 2.62. The van der Waals surface area contributed by atoms with E-state index in [2.05, 4.69) is 4.98 Å². The van der Waals surface area contributed by atoms with Crippen molar-refractivity contribution in [2.75, 3.05) is 25.4 Å². The number of carbonyl (C=O) groups is 1. The lowest BCUT2D eigenvalue weighted by atomic mass is 9.83. The fourth-order valence-corrected chi connectivity index (χ4v) is 5.72. The minimum Gasteiger partial charge on any atom is -0.375 e. The lowest BCUT2D eigenvalue weighted by molar-refractivity contribution is -0.135. The minimum atomic E-state index is -3.15. The number of hydrogen-bond acceptors (Lipinski definition) is 5. The van der Waals surface area contributed by atoms with E-state index in [1.54, 1.807) is 11.1 Å². The van der Waals surface area contributed by atoms with Gasteiger partial charge in [-0.2, -0.15) is 0 Å². The van der Waals surface area contributed by atoms with E-state index in [4.69, 9.17) is 4.74 Å². The summed E-state index contributed by atoms with van der Waals surface area (Å²) in [6, 6.07) is 5.61. The van der Waals surface area contributed by atoms with Gasteiger partial charge in [-0.3, -0.25) is 9.78 Å². The van der Waals surface area contributed by atoms with Gasteiger partial charge < -0.3 is 9.64 Å². The van der Waals surface area contributed by atoms with E-state index in [0.29, 0.717) is 32.7 Å². The normalized spacial score (nSPS) is 25.1. The summed E-state index contributed by atoms with van der Waals surface area (Å²) in [6.07, 6.45) is 2.31. The van der Waals surface area contributed by atoms with Gasteiger partial charge in [-0.15, -0.1) is 0 Å². The first-order chi connectivity index (χ1) is 10.4. The molecule has 0 radical (unpaired) electrons. The molecule has 6 nitrogen and oxygen atoms in total. The molecule has 1 amide bonds. The summed E-state index contributed by atoms with van der Waals surface area (Å²) >= 11 is 0. The Kier molecular flexibility index (Phi) is 3.94. The van der Waals surface area contributed by atoms with Crippen molar-refractivity contribution in [3.05, 3.63) is 30.1 Å². The quantitative estimate of drug-likeness (QED) is 0.812. The second kappa shape index (κ2) is 5.62. The Labute approximate surface area is 130 Å². The van der Waals surface area contributed by atoms with Crippen molar-refractivity contribution >= 4 is 15.7 Å². The van der Waals surface area contributed by atoms with Crippen molar-refractivity contribution < 1.29 is 17.9 Å². The van der Waals surface area contributed by atoms with Gasteiger partial charge in [0.25, 0.3) is 0 Å². The summed E-state index contributed by atoms with van der Waals surface area (Å²) in [5.74, 6) is 0.0776. The molecular weight excluding hydrogens is 304 g/mol. The highest BCUT2D eigenvalue weighted by atomic mass is 32.2. The Morgan fingerprint density at radius 3 is 2.86 bits per heavy atom. The Balaban J connectivity index is 1.62. The molecule has 120 valence electrons. The van der Waals surface area contributed by atoms with Crippen molar-refractivity contribution in [1.29, 1.82) is 0 Å². The zero-order valence-corrected chi connectivity index (χ0v) is 13.4. The molecule has 22 heavy (non-hydrogen) atoms. The summed E-state index contributed by atoms with van der Waals surface area (Å²) in [5, 5.41) is 0. The maximum Gasteiger partial charge on any atom is 0.219 e. The van der Waals surface area contributed by atoms with E-state index in [1.807, 2.05) is 18.2 Å². The molecule has 2 fully saturated rings. The molecule has 7 heteroatoms. The molecule has 3 rings (SSSR count). The Morgan fingerprint density at radius 1 is 1.45 bits per heavy atom. The van der Waals surface area contributed by atoms with Crippen LogP contribution in [0.4, 0.5) is 0 Å². The maximum atomic E-state index is 12.4. The van der Waals surface area contributed by atoms with E-state index in [1.165, 1.54) is 6.92 Å². The number of aromatic nitrogens is 1. The van der Waals surface area contributed by atoms with Crippen LogP contribution in [0.3, 0.4) is 0 Å². The summed E-state index contributed by atoms with van der Waals surface area (Å²) in [7, 11) is -3.15. The van der Waals surface area contributed by atoms with Crippen molar-refractivity contribution in [2.45, 2.75) is 24.7 Å². The number of likely N-dealkylation sites (tertiary alicyclic amines) is 1. The fraction of sp³-hybridized carbons (Fsp3) is 0.600. The van der Waals surface area contributed by atoms with E-state index in [-0.39, 0.29) is 17.6 Å². The van der Waals surface area contributed by atoms with Crippen LogP contribution in [0.15, 0.2) is 24.4 Å². The molecule has 3 heterocycles. The van der Waals surface area contributed by atoms with Crippen molar-refractivity contribution in [1.82, 2.24) is 9.88 Å². The highest BCUT2D eigenvalue weighted by Crippen LogP contribution is 2.44. The van der Waals surface area contributed by atoms with Crippen molar-refractivity contribution in [3.8, 4) is 0 Å². The van der Waals surface area contributed by atoms with Gasteiger partial charge in [-0.05, 0) is 18.6 Å². The smallest absolute Gasteiger partial charge is 0.219 e. The standard InChI is InChI=1S/C15H20N2O4S/c1-12(18)17-10-15(11-17)13(5-7-22(15,19)20)8-21-9-14-4-2-3-6-16-14/h2-4,6,13H,5,7-11H2,1H3/t13-/m0/s1. The zero-order chi connectivity index (χ0) is 15.8. The van der Waals surface area contributed by atoms with Crippen LogP contribution in [0.1, 0.15) is 19.0 Å². The monoisotopic (exact) mass is 324 g/mol. The van der Waals surface area contributed by atoms with Crippen molar-refractivity contribution in [2.24, 2.45) is 5.92 Å². The predicted molar refractivity (Wildman–Crippen MR) is 80.8 cm³/mol. The summed E-state index contributed by atoms with van der Waals surface area (Å²) in [5.41, 5.74) is 0.830. The van der Waals surface area contributed by atoms with Crippen molar-refractivity contribution in [3.63, 3.8) is 0 Å². The molecule has 1 aromatic rings. The van der Waals surface area contributed by atoms with Gasteiger partial charge in [0.05, 0.1) is 24.7 Å². The third kappa shape index (κ3) is 2.52. The van der Waals surface area contributed by atoms with E-state index in [9.17, 15) is 13.2 Å². The molecule has 1 spiro atoms. The van der Waals surface area contributed by atoms with Gasteiger partial charge in [0, 0.05) is 32.1 Å². The number of nitrogens with zero attached hydrogens (tertiary/aromatic N) is 2. The number of pyridine rings is 1. The largest absolute Gasteiger partial charge is 0.375 e. The van der Waals surface area contributed by atoms with Crippen LogP contribution in [-0.2, 0) is 26.0 Å². The third-order valence-electron chi connectivity index (χ3n) is 4.76. The topological polar surface area (TPSA) is 76.6 Å². The molecule has 0 aromatic carbocycles. The van der Waals surface area contributed by atoms with Gasteiger partial charge in [0.1, 0.15) is 4.75 Å². The van der Waals surface area contributed by atoms with Gasteiger partial charge in [0.2, 0.25) is 5.91 Å². The Morgan fingerprint density at radius 2 is 2.23 bits per heavy atom. The summed E-state index contributed by atoms with van der Waals surface area (Å²) in [6.45, 7) is 2.86. The number of ether oxygens (including phenoxy) is 1. The van der Waals surface area contributed by atoms with E-state index < -0.39 is 14.6 Å². The molecule has 0 bridgehead atoms. The van der Waals surface area contributed by atoms with Crippen LogP contribution in [0, 0.1) is 5.92 Å². The Hall–Kier alpha value is -1.47. The SMILES string of the molecule is CC(=O)N1CC2(C1)[C@H](COCc1ccccn1)CCS2(=O)=O. The highest BCUT2D eigenvalue weighted by molar-refractivity contribution is 7.93. The van der Waals surface area contributed by atoms with Crippen LogP contribution in [0.5, 0.6) is 0 Å². The van der Waals surface area contributed by atoms with Gasteiger partial charge >= 0.3 is 0 Å². The molecular formula is C15H20N2O4S. The van der Waals surface area contributed by atoms with E-state index in [0.717, 1.165) is 5.69 Å². The summed E-state index contributed by atoms with van der Waals surface area (Å²) in [4.78, 5) is 17.1. The molecule has 2 aliphatic heterocycles. The van der Waals surface area contributed by atoms with Crippen LogP contribution < -0.4 is 0 Å². The number of carbonyl (C=O) groups excluding carboxylic acids is 1. The lowest BCUT2D eigenvalue weighted by Crippen LogP contribution is -2.68. The number of hydrogen-bond donors (Lipinski definition) is 0. The molecule has 0 unspecified atom stereocenters. The number of amides is 1. The first-order valence-corrected chi connectivity index (χ1v) is 9.05.